The number of hydrogen-bond acceptors (Lipinski definition) is 18. The molecule has 0 aliphatic heterocycles. The Hall–Kier alpha value is -8.03. The number of carbonyl (C=O) groups is 13. The third-order valence-corrected chi connectivity index (χ3v) is 13.4. The van der Waals surface area contributed by atoms with Gasteiger partial charge in [-0.1, -0.05) is 46.2 Å². The molecule has 0 aromatic heterocycles. The lowest BCUT2D eigenvalue weighted by molar-refractivity contribution is -0.147. The van der Waals surface area contributed by atoms with E-state index in [1.54, 1.807) is 27.7 Å². The number of primary amides is 1. The van der Waals surface area contributed by atoms with Gasteiger partial charge in [0.25, 0.3) is 0 Å². The van der Waals surface area contributed by atoms with E-state index in [9.17, 15) is 77.6 Å². The van der Waals surface area contributed by atoms with E-state index >= 15 is 0 Å². The van der Waals surface area contributed by atoms with Crippen molar-refractivity contribution in [2.75, 3.05) is 19.6 Å². The SMILES string of the molecule is CC(C)C[C@H](NC(=O)[C@H](CCC(=O)O)NC(=O)[C@H](CCC(N)=O)NC(=O)[C@H](C)NC(=O)[C@H](Cc1ccc(O)cc1)NC(=O)[C@@H](NC(=O)[C@H](CCCCN)NC(=O)[C@H](CCCCN)NC(=O)[C@@H](N)CCCCN)C(C)C)C(=O)N[C@@H](CC(=O)O)C(=O)O. The molecule has 0 spiro atoms. The first-order chi connectivity index (χ1) is 40.4. The summed E-state index contributed by atoms with van der Waals surface area (Å²) in [5.74, 6) is -15.1. The number of aromatic hydroxyl groups is 1. The van der Waals surface area contributed by atoms with Crippen LogP contribution in [0.25, 0.3) is 0 Å². The first kappa shape index (κ1) is 76.0. The van der Waals surface area contributed by atoms with Crippen LogP contribution < -0.4 is 76.5 Å². The van der Waals surface area contributed by atoms with Gasteiger partial charge in [0.1, 0.15) is 60.1 Å². The van der Waals surface area contributed by atoms with Crippen LogP contribution in [0.2, 0.25) is 0 Å². The largest absolute Gasteiger partial charge is 0.508 e. The van der Waals surface area contributed by atoms with Gasteiger partial charge in [0.05, 0.1) is 12.5 Å². The molecule has 0 aliphatic carbocycles. The van der Waals surface area contributed by atoms with E-state index in [0.29, 0.717) is 63.6 Å². The van der Waals surface area contributed by atoms with Crippen LogP contribution >= 0.6 is 0 Å². The molecule has 0 unspecified atom stereocenters. The van der Waals surface area contributed by atoms with Crippen LogP contribution in [0.15, 0.2) is 24.3 Å². The molecule has 31 heteroatoms. The van der Waals surface area contributed by atoms with Gasteiger partial charge in [-0.3, -0.25) is 57.5 Å². The Bertz CT molecular complexity index is 2430. The van der Waals surface area contributed by atoms with Gasteiger partial charge < -0.3 is 96.9 Å². The molecular formula is C55H92N14O17. The number of rotatable bonds is 44. The van der Waals surface area contributed by atoms with Gasteiger partial charge in [0.2, 0.25) is 59.1 Å². The minimum atomic E-state index is -1.90. The second-order valence-electron chi connectivity index (χ2n) is 21.7. The topological polar surface area (TPSA) is 541 Å². The number of carbonyl (C=O) groups excluding carboxylic acids is 10. The molecular weight excluding hydrogens is 1130 g/mol. The predicted molar refractivity (Wildman–Crippen MR) is 311 cm³/mol. The Balaban J connectivity index is 3.56. The molecule has 10 atom stereocenters. The van der Waals surface area contributed by atoms with Gasteiger partial charge >= 0.3 is 17.9 Å². The standard InChI is InChI=1S/C55H92N14O17/c1-29(2)26-39(53(83)68-41(55(85)86)28-44(74)75)66-50(80)38(20-22-43(72)73)65-49(79)37(19-21-42(60)71)62-46(76)31(5)61-52(82)40(27-32-15-17-33(70)18-16-32)67-54(84)45(30(3)4)69-51(81)36(14-8-11-25-58)64-48(78)35(13-7-10-24-57)63-47(77)34(59)12-6-9-23-56/h15-18,29-31,34-41,45,70H,6-14,19-28,56-59H2,1-5H3,(H2,60,71)(H,61,82)(H,62,76)(H,63,77)(H,64,78)(H,65,79)(H,66,80)(H,67,84)(H,68,83)(H,69,81)(H,72,73)(H,74,75)(H,85,86)/t31-,34-,35-,36-,37-,38-,39-,40-,41-,45-/m0/s1. The van der Waals surface area contributed by atoms with Gasteiger partial charge in [-0.25, -0.2) is 4.79 Å². The molecule has 0 aliphatic rings. The molecule has 0 saturated carbocycles. The van der Waals surface area contributed by atoms with Crippen molar-refractivity contribution in [1.82, 2.24) is 47.9 Å². The molecule has 484 valence electrons. The van der Waals surface area contributed by atoms with Crippen molar-refractivity contribution in [2.24, 2.45) is 40.5 Å². The van der Waals surface area contributed by atoms with E-state index in [2.05, 4.69) is 42.5 Å². The van der Waals surface area contributed by atoms with Crippen LogP contribution in [-0.2, 0) is 68.7 Å². The maximum Gasteiger partial charge on any atom is 0.326 e. The highest BCUT2D eigenvalue weighted by Gasteiger charge is 2.36. The first-order valence-corrected chi connectivity index (χ1v) is 28.8. The average molecular weight is 1220 g/mol. The molecule has 1 rings (SSSR count). The first-order valence-electron chi connectivity index (χ1n) is 28.8. The minimum Gasteiger partial charge on any atom is -0.508 e. The number of benzene rings is 1. The van der Waals surface area contributed by atoms with Gasteiger partial charge in [0, 0.05) is 19.3 Å². The Morgan fingerprint density at radius 3 is 1.30 bits per heavy atom. The zero-order valence-corrected chi connectivity index (χ0v) is 49.7. The molecule has 10 amide bonds. The molecule has 0 saturated heterocycles. The number of phenolic OH excluding ortho intramolecular Hbond substituents is 1. The zero-order chi connectivity index (χ0) is 65.2. The maximum absolute atomic E-state index is 14.3. The third-order valence-electron chi connectivity index (χ3n) is 13.4. The van der Waals surface area contributed by atoms with Crippen molar-refractivity contribution < 1.29 is 82.8 Å². The summed E-state index contributed by atoms with van der Waals surface area (Å²) >= 11 is 0. The summed E-state index contributed by atoms with van der Waals surface area (Å²) in [4.78, 5) is 171. The van der Waals surface area contributed by atoms with Crippen molar-refractivity contribution in [3.05, 3.63) is 29.8 Å². The fraction of sp³-hybridized carbons (Fsp3) is 0.655. The molecule has 0 fully saturated rings. The predicted octanol–water partition coefficient (Wildman–Crippen LogP) is -3.58. The summed E-state index contributed by atoms with van der Waals surface area (Å²) in [7, 11) is 0. The summed E-state index contributed by atoms with van der Waals surface area (Å²) < 4.78 is 0. The Morgan fingerprint density at radius 2 is 0.849 bits per heavy atom. The van der Waals surface area contributed by atoms with E-state index in [1.807, 2.05) is 5.32 Å². The number of nitrogens with one attached hydrogen (secondary N) is 9. The summed E-state index contributed by atoms with van der Waals surface area (Å²) in [6.07, 6.45) is -0.222. The summed E-state index contributed by atoms with van der Waals surface area (Å²) in [6, 6.07) is -9.07. The molecule has 31 nitrogen and oxygen atoms in total. The number of unbranched alkanes of at least 4 members (excludes halogenated alkanes) is 3. The maximum atomic E-state index is 14.3. The summed E-state index contributed by atoms with van der Waals surface area (Å²) in [5, 5.41) is 60.4. The van der Waals surface area contributed by atoms with Crippen LogP contribution in [-0.4, -0.2) is 177 Å². The number of aliphatic carboxylic acids is 3. The summed E-state index contributed by atoms with van der Waals surface area (Å²) in [6.45, 7) is 8.67. The van der Waals surface area contributed by atoms with Crippen molar-refractivity contribution in [3.63, 3.8) is 0 Å². The van der Waals surface area contributed by atoms with E-state index in [4.69, 9.17) is 33.8 Å². The van der Waals surface area contributed by atoms with Crippen LogP contribution in [0.5, 0.6) is 5.75 Å². The molecule has 0 heterocycles. The fourth-order valence-electron chi connectivity index (χ4n) is 8.50. The molecule has 1 aromatic carbocycles. The van der Waals surface area contributed by atoms with Crippen LogP contribution in [0, 0.1) is 11.8 Å². The fourth-order valence-corrected chi connectivity index (χ4v) is 8.50. The van der Waals surface area contributed by atoms with E-state index in [1.165, 1.54) is 31.2 Å². The van der Waals surface area contributed by atoms with Gasteiger partial charge in [0.15, 0.2) is 0 Å². The number of nitrogens with two attached hydrogens (primary N) is 5. The van der Waals surface area contributed by atoms with E-state index in [-0.39, 0.29) is 43.9 Å². The Kier molecular flexibility index (Phi) is 35.6. The lowest BCUT2D eigenvalue weighted by Gasteiger charge is -2.29. The zero-order valence-electron chi connectivity index (χ0n) is 49.7. The molecule has 0 radical (unpaired) electrons. The molecule has 86 heavy (non-hydrogen) atoms. The van der Waals surface area contributed by atoms with Gasteiger partial charge in [-0.05, 0) is 127 Å². The number of amides is 10. The number of carboxylic acid groups (broad SMARTS) is 3. The highest BCUT2D eigenvalue weighted by molar-refractivity contribution is 5.99. The molecule has 1 aromatic rings. The third kappa shape index (κ3) is 30.2. The molecule has 0 bridgehead atoms. The Labute approximate surface area is 499 Å². The number of hydrogen-bond donors (Lipinski definition) is 18. The van der Waals surface area contributed by atoms with E-state index in [0.717, 1.165) is 0 Å². The van der Waals surface area contributed by atoms with Crippen molar-refractivity contribution >= 4 is 77.0 Å². The van der Waals surface area contributed by atoms with Gasteiger partial charge in [-0.15, -0.1) is 0 Å². The van der Waals surface area contributed by atoms with Crippen molar-refractivity contribution in [2.45, 2.75) is 198 Å². The second kappa shape index (κ2) is 40.3. The van der Waals surface area contributed by atoms with Crippen LogP contribution in [0.4, 0.5) is 0 Å². The summed E-state index contributed by atoms with van der Waals surface area (Å²) in [5.41, 5.74) is 28.9. The lowest BCUT2D eigenvalue weighted by atomic mass is 9.99. The normalized spacial score (nSPS) is 14.6. The van der Waals surface area contributed by atoms with Crippen LogP contribution in [0.3, 0.4) is 0 Å². The van der Waals surface area contributed by atoms with Gasteiger partial charge in [-0.2, -0.15) is 0 Å². The Morgan fingerprint density at radius 1 is 0.442 bits per heavy atom. The van der Waals surface area contributed by atoms with Crippen molar-refractivity contribution in [1.29, 1.82) is 0 Å². The highest BCUT2D eigenvalue weighted by atomic mass is 16.4. The minimum absolute atomic E-state index is 0.0659. The van der Waals surface area contributed by atoms with E-state index < -0.39 is 175 Å². The smallest absolute Gasteiger partial charge is 0.326 e. The number of phenols is 1. The highest BCUT2D eigenvalue weighted by Crippen LogP contribution is 2.15. The van der Waals surface area contributed by atoms with Crippen molar-refractivity contribution in [3.8, 4) is 5.75 Å². The second-order valence-corrected chi connectivity index (χ2v) is 21.7. The average Bonchev–Trinajstić information content (AvgIpc) is 2.30. The van der Waals surface area contributed by atoms with Crippen LogP contribution in [0.1, 0.15) is 136 Å². The monoisotopic (exact) mass is 1220 g/mol. The lowest BCUT2D eigenvalue weighted by Crippen LogP contribution is -2.61. The molecule has 23 N–H and O–H groups in total. The quantitative estimate of drug-likeness (QED) is 0.0281. The number of carboxylic acids is 3.